The van der Waals surface area contributed by atoms with Gasteiger partial charge in [0, 0.05) is 12.4 Å². The minimum Gasteiger partial charge on any atom is -0.211 e. The van der Waals surface area contributed by atoms with Gasteiger partial charge in [-0.05, 0) is 49.9 Å². The average molecular weight is 276 g/mol. The van der Waals surface area contributed by atoms with Crippen molar-refractivity contribution in [1.82, 2.24) is 4.72 Å². The van der Waals surface area contributed by atoms with E-state index in [9.17, 15) is 8.42 Å². The second-order valence-electron chi connectivity index (χ2n) is 4.04. The van der Waals surface area contributed by atoms with Crippen LogP contribution >= 0.6 is 11.6 Å². The number of unbranched alkanes of at least 4 members (excludes halogenated alkanes) is 1. The Balaban J connectivity index is 2.72. The molecule has 96 valence electrons. The standard InChI is InChI=1S/C12H18ClNO2S/c1-10-5-6-12(9-11(10)2)17(15,16)14-8-4-3-7-13/h5-6,9,14H,3-4,7-8H2,1-2H3. The van der Waals surface area contributed by atoms with Gasteiger partial charge in [0.15, 0.2) is 0 Å². The Labute approximate surface area is 108 Å². The molecule has 0 radical (unpaired) electrons. The number of nitrogens with one attached hydrogen (secondary N) is 1. The van der Waals surface area contributed by atoms with E-state index in [4.69, 9.17) is 11.6 Å². The summed E-state index contributed by atoms with van der Waals surface area (Å²) in [6.07, 6.45) is 1.57. The molecule has 0 saturated carbocycles. The highest BCUT2D eigenvalue weighted by atomic mass is 35.5. The molecule has 1 N–H and O–H groups in total. The Morgan fingerprint density at radius 3 is 2.47 bits per heavy atom. The summed E-state index contributed by atoms with van der Waals surface area (Å²) < 4.78 is 26.4. The van der Waals surface area contributed by atoms with Crippen LogP contribution in [-0.4, -0.2) is 20.8 Å². The maximum atomic E-state index is 11.9. The van der Waals surface area contributed by atoms with E-state index in [1.54, 1.807) is 12.1 Å². The summed E-state index contributed by atoms with van der Waals surface area (Å²) in [5, 5.41) is 0. The normalized spacial score (nSPS) is 11.7. The summed E-state index contributed by atoms with van der Waals surface area (Å²) in [5.74, 6) is 0.561. The fourth-order valence-corrected chi connectivity index (χ4v) is 2.74. The van der Waals surface area contributed by atoms with Gasteiger partial charge >= 0.3 is 0 Å². The molecular formula is C12H18ClNO2S. The van der Waals surface area contributed by atoms with Gasteiger partial charge in [0.05, 0.1) is 4.90 Å². The van der Waals surface area contributed by atoms with E-state index in [1.165, 1.54) is 0 Å². The summed E-state index contributed by atoms with van der Waals surface area (Å²) in [6.45, 7) is 4.30. The van der Waals surface area contributed by atoms with E-state index in [0.29, 0.717) is 17.3 Å². The van der Waals surface area contributed by atoms with Crippen LogP contribution in [0.5, 0.6) is 0 Å². The largest absolute Gasteiger partial charge is 0.240 e. The highest BCUT2D eigenvalue weighted by molar-refractivity contribution is 7.89. The van der Waals surface area contributed by atoms with Gasteiger partial charge < -0.3 is 0 Å². The number of sulfonamides is 1. The Kier molecular flexibility index (Phi) is 5.43. The summed E-state index contributed by atoms with van der Waals surface area (Å²) in [6, 6.07) is 5.15. The number of alkyl halides is 1. The SMILES string of the molecule is Cc1ccc(S(=O)(=O)NCCCCCl)cc1C. The molecule has 0 aliphatic rings. The lowest BCUT2D eigenvalue weighted by molar-refractivity contribution is 0.578. The van der Waals surface area contributed by atoms with Crippen molar-refractivity contribution in [3.05, 3.63) is 29.3 Å². The van der Waals surface area contributed by atoms with Gasteiger partial charge in [-0.2, -0.15) is 0 Å². The molecular weight excluding hydrogens is 258 g/mol. The average Bonchev–Trinajstić information content (AvgIpc) is 2.28. The van der Waals surface area contributed by atoms with Crippen molar-refractivity contribution in [3.8, 4) is 0 Å². The van der Waals surface area contributed by atoms with Crippen LogP contribution in [0, 0.1) is 13.8 Å². The van der Waals surface area contributed by atoms with Gasteiger partial charge in [0.1, 0.15) is 0 Å². The first-order valence-corrected chi connectivity index (χ1v) is 7.62. The molecule has 0 atom stereocenters. The van der Waals surface area contributed by atoms with Gasteiger partial charge in [-0.3, -0.25) is 0 Å². The Bertz CT molecular complexity index is 471. The molecule has 0 fully saturated rings. The van der Waals surface area contributed by atoms with E-state index in [2.05, 4.69) is 4.72 Å². The molecule has 1 aromatic carbocycles. The molecule has 0 saturated heterocycles. The van der Waals surface area contributed by atoms with Crippen LogP contribution in [0.25, 0.3) is 0 Å². The molecule has 0 aromatic heterocycles. The van der Waals surface area contributed by atoms with Crippen molar-refractivity contribution >= 4 is 21.6 Å². The van der Waals surface area contributed by atoms with Crippen molar-refractivity contribution in [2.45, 2.75) is 31.6 Å². The van der Waals surface area contributed by atoms with Crippen LogP contribution in [0.4, 0.5) is 0 Å². The molecule has 5 heteroatoms. The fourth-order valence-electron chi connectivity index (χ4n) is 1.39. The van der Waals surface area contributed by atoms with E-state index in [-0.39, 0.29) is 0 Å². The van der Waals surface area contributed by atoms with E-state index in [0.717, 1.165) is 24.0 Å². The number of hydrogen-bond acceptors (Lipinski definition) is 2. The first-order valence-electron chi connectivity index (χ1n) is 5.60. The third-order valence-corrected chi connectivity index (χ3v) is 4.37. The summed E-state index contributed by atoms with van der Waals surface area (Å²) in [5.41, 5.74) is 2.07. The maximum absolute atomic E-state index is 11.9. The second-order valence-corrected chi connectivity index (χ2v) is 6.18. The van der Waals surface area contributed by atoms with Crippen molar-refractivity contribution < 1.29 is 8.42 Å². The van der Waals surface area contributed by atoms with E-state index < -0.39 is 10.0 Å². The first kappa shape index (κ1) is 14.5. The van der Waals surface area contributed by atoms with Crippen molar-refractivity contribution in [3.63, 3.8) is 0 Å². The van der Waals surface area contributed by atoms with Crippen LogP contribution in [-0.2, 0) is 10.0 Å². The molecule has 17 heavy (non-hydrogen) atoms. The Morgan fingerprint density at radius 2 is 1.88 bits per heavy atom. The lowest BCUT2D eigenvalue weighted by Gasteiger charge is -2.08. The zero-order valence-electron chi connectivity index (χ0n) is 10.2. The van der Waals surface area contributed by atoms with Crippen molar-refractivity contribution in [1.29, 1.82) is 0 Å². The van der Waals surface area contributed by atoms with Crippen LogP contribution in [0.2, 0.25) is 0 Å². The topological polar surface area (TPSA) is 46.2 Å². The third-order valence-electron chi connectivity index (χ3n) is 2.64. The number of aryl methyl sites for hydroxylation is 2. The number of rotatable bonds is 6. The van der Waals surface area contributed by atoms with Crippen LogP contribution in [0.15, 0.2) is 23.1 Å². The maximum Gasteiger partial charge on any atom is 0.240 e. The zero-order chi connectivity index (χ0) is 12.9. The Morgan fingerprint density at radius 1 is 1.18 bits per heavy atom. The van der Waals surface area contributed by atoms with Crippen LogP contribution in [0.1, 0.15) is 24.0 Å². The third kappa shape index (κ3) is 4.30. The molecule has 1 aromatic rings. The Hall–Kier alpha value is -0.580. The number of benzene rings is 1. The molecule has 0 spiro atoms. The second kappa shape index (κ2) is 6.38. The molecule has 0 aliphatic heterocycles. The highest BCUT2D eigenvalue weighted by Gasteiger charge is 2.13. The molecule has 3 nitrogen and oxygen atoms in total. The summed E-state index contributed by atoms with van der Waals surface area (Å²) in [4.78, 5) is 0.325. The predicted molar refractivity (Wildman–Crippen MR) is 71.1 cm³/mol. The summed E-state index contributed by atoms with van der Waals surface area (Å²) >= 11 is 5.53. The van der Waals surface area contributed by atoms with E-state index in [1.807, 2.05) is 19.9 Å². The molecule has 0 amide bonds. The molecule has 0 aliphatic carbocycles. The minimum atomic E-state index is -3.37. The van der Waals surface area contributed by atoms with Gasteiger partial charge in [0.2, 0.25) is 10.0 Å². The van der Waals surface area contributed by atoms with Gasteiger partial charge in [-0.25, -0.2) is 13.1 Å². The van der Waals surface area contributed by atoms with Crippen molar-refractivity contribution in [2.24, 2.45) is 0 Å². The van der Waals surface area contributed by atoms with Gasteiger partial charge in [-0.15, -0.1) is 11.6 Å². The lowest BCUT2D eigenvalue weighted by atomic mass is 10.1. The quantitative estimate of drug-likeness (QED) is 0.641. The number of halogens is 1. The highest BCUT2D eigenvalue weighted by Crippen LogP contribution is 2.14. The van der Waals surface area contributed by atoms with Crippen molar-refractivity contribution in [2.75, 3.05) is 12.4 Å². The smallest absolute Gasteiger partial charge is 0.211 e. The molecule has 0 unspecified atom stereocenters. The van der Waals surface area contributed by atoms with Gasteiger partial charge in [0.25, 0.3) is 0 Å². The first-order chi connectivity index (χ1) is 7.97. The van der Waals surface area contributed by atoms with Gasteiger partial charge in [-0.1, -0.05) is 6.07 Å². The number of hydrogen-bond donors (Lipinski definition) is 1. The van der Waals surface area contributed by atoms with Crippen LogP contribution in [0.3, 0.4) is 0 Å². The fraction of sp³-hybridized carbons (Fsp3) is 0.500. The van der Waals surface area contributed by atoms with E-state index >= 15 is 0 Å². The molecule has 0 heterocycles. The monoisotopic (exact) mass is 275 g/mol. The predicted octanol–water partition coefficient (Wildman–Crippen LogP) is 2.60. The van der Waals surface area contributed by atoms with Crippen LogP contribution < -0.4 is 4.72 Å². The molecule has 0 bridgehead atoms. The molecule has 1 rings (SSSR count). The minimum absolute atomic E-state index is 0.325. The lowest BCUT2D eigenvalue weighted by Crippen LogP contribution is -2.25. The zero-order valence-corrected chi connectivity index (χ0v) is 11.7. The summed E-state index contributed by atoms with van der Waals surface area (Å²) in [7, 11) is -3.37.